The Morgan fingerprint density at radius 2 is 1.95 bits per heavy atom. The maximum absolute atomic E-state index is 13.2. The van der Waals surface area contributed by atoms with Gasteiger partial charge >= 0.3 is 6.09 Å². The van der Waals surface area contributed by atoms with Gasteiger partial charge in [-0.1, -0.05) is 0 Å². The molecule has 0 bridgehead atoms. The third-order valence-electron chi connectivity index (χ3n) is 6.35. The van der Waals surface area contributed by atoms with Crippen LogP contribution in [0.2, 0.25) is 0 Å². The molecule has 1 amide bonds. The van der Waals surface area contributed by atoms with Crippen molar-refractivity contribution in [1.82, 2.24) is 34.6 Å². The number of pyridine rings is 2. The van der Waals surface area contributed by atoms with Crippen LogP contribution in [0, 0.1) is 6.92 Å². The highest BCUT2D eigenvalue weighted by Gasteiger charge is 2.26. The molecular weight excluding hydrogens is 484 g/mol. The maximum Gasteiger partial charge on any atom is 0.407 e. The largest absolute Gasteiger partial charge is 0.444 e. The van der Waals surface area contributed by atoms with Crippen molar-refractivity contribution >= 4 is 22.7 Å². The molecule has 0 saturated carbocycles. The second kappa shape index (κ2) is 9.88. The van der Waals surface area contributed by atoms with Crippen molar-refractivity contribution in [1.29, 1.82) is 0 Å². The minimum Gasteiger partial charge on any atom is -0.444 e. The average Bonchev–Trinajstić information content (AvgIpc) is 3.28. The quantitative estimate of drug-likeness (QED) is 0.438. The molecule has 1 fully saturated rings. The zero-order chi connectivity index (χ0) is 27.0. The smallest absolute Gasteiger partial charge is 0.407 e. The molecule has 1 unspecified atom stereocenters. The van der Waals surface area contributed by atoms with E-state index < -0.39 is 11.7 Å². The van der Waals surface area contributed by atoms with E-state index in [1.165, 1.54) is 0 Å². The number of fused-ring (bicyclic) bond motifs is 1. The van der Waals surface area contributed by atoms with Crippen LogP contribution in [0.5, 0.6) is 0 Å². The van der Waals surface area contributed by atoms with Gasteiger partial charge in [-0.25, -0.2) is 14.5 Å². The number of rotatable bonds is 4. The monoisotopic (exact) mass is 516 g/mol. The van der Waals surface area contributed by atoms with Crippen molar-refractivity contribution < 1.29 is 9.53 Å². The van der Waals surface area contributed by atoms with Gasteiger partial charge in [0.1, 0.15) is 17.0 Å². The number of anilines is 1. The Labute approximate surface area is 220 Å². The van der Waals surface area contributed by atoms with Gasteiger partial charge in [0.05, 0.1) is 35.0 Å². The van der Waals surface area contributed by atoms with Crippen LogP contribution in [0.15, 0.2) is 47.9 Å². The normalized spacial score (nSPS) is 16.0. The number of nitrogens with one attached hydrogen (secondary N) is 1. The number of hydrogen-bond acceptors (Lipinski definition) is 8. The van der Waals surface area contributed by atoms with E-state index in [-0.39, 0.29) is 11.6 Å². The fraction of sp³-hybridized carbons (Fsp3) is 0.407. The summed E-state index contributed by atoms with van der Waals surface area (Å²) >= 11 is 0. The number of hydrogen-bond donors (Lipinski definition) is 1. The molecule has 1 aliphatic rings. The molecule has 5 rings (SSSR count). The van der Waals surface area contributed by atoms with Crippen molar-refractivity contribution in [2.24, 2.45) is 7.05 Å². The number of alkyl carbamates (subject to hydrolysis) is 1. The summed E-state index contributed by atoms with van der Waals surface area (Å²) in [5, 5.41) is 8.42. The highest BCUT2D eigenvalue weighted by atomic mass is 16.6. The van der Waals surface area contributed by atoms with Crippen LogP contribution >= 0.6 is 0 Å². The number of aryl methyl sites for hydroxylation is 2. The summed E-state index contributed by atoms with van der Waals surface area (Å²) in [6, 6.07) is 3.66. The molecule has 4 aromatic heterocycles. The molecule has 4 aromatic rings. The lowest BCUT2D eigenvalue weighted by Gasteiger charge is -2.34. The fourth-order valence-electron chi connectivity index (χ4n) is 4.66. The molecule has 38 heavy (non-hydrogen) atoms. The number of aromatic nitrogens is 6. The zero-order valence-electron chi connectivity index (χ0n) is 22.3. The number of amides is 1. The van der Waals surface area contributed by atoms with Gasteiger partial charge in [-0.05, 0) is 52.7 Å². The molecule has 0 aliphatic carbocycles. The molecule has 1 atom stereocenters. The van der Waals surface area contributed by atoms with Gasteiger partial charge in [-0.2, -0.15) is 5.10 Å². The number of nitrogens with zero attached hydrogens (tertiary/aromatic N) is 7. The summed E-state index contributed by atoms with van der Waals surface area (Å²) in [6.07, 6.45) is 9.88. The molecule has 1 aliphatic heterocycles. The fourth-order valence-corrected chi connectivity index (χ4v) is 4.66. The van der Waals surface area contributed by atoms with E-state index in [0.29, 0.717) is 30.2 Å². The highest BCUT2D eigenvalue weighted by Crippen LogP contribution is 2.25. The molecule has 11 heteroatoms. The highest BCUT2D eigenvalue weighted by molar-refractivity contribution is 5.83. The van der Waals surface area contributed by atoms with Crippen molar-refractivity contribution in [3.8, 4) is 17.1 Å². The van der Waals surface area contributed by atoms with Crippen molar-refractivity contribution in [2.45, 2.75) is 52.2 Å². The molecule has 1 N–H and O–H groups in total. The SMILES string of the molecule is Cc1cncc(-c2cc3c(cn2)cnn3-c2cc(N3CCCC(NC(=O)OC(C)(C)C)C3)c(=O)n(C)c2)n1. The Kier molecular flexibility index (Phi) is 6.60. The van der Waals surface area contributed by atoms with E-state index in [1.54, 1.807) is 47.3 Å². The maximum atomic E-state index is 13.2. The number of carbonyl (C=O) groups is 1. The molecular formula is C27H32N8O3. The topological polar surface area (TPSA) is 120 Å². The first-order valence-electron chi connectivity index (χ1n) is 12.7. The van der Waals surface area contributed by atoms with E-state index in [2.05, 4.69) is 25.4 Å². The first-order valence-corrected chi connectivity index (χ1v) is 12.7. The average molecular weight is 517 g/mol. The molecule has 11 nitrogen and oxygen atoms in total. The Morgan fingerprint density at radius 1 is 1.13 bits per heavy atom. The summed E-state index contributed by atoms with van der Waals surface area (Å²) in [5.74, 6) is 0. The lowest BCUT2D eigenvalue weighted by Crippen LogP contribution is -2.50. The van der Waals surface area contributed by atoms with Gasteiger partial charge in [-0.15, -0.1) is 0 Å². The molecule has 1 saturated heterocycles. The molecule has 5 heterocycles. The van der Waals surface area contributed by atoms with Gasteiger partial charge in [0.15, 0.2) is 0 Å². The Bertz CT molecular complexity index is 1550. The van der Waals surface area contributed by atoms with Crippen LogP contribution in [-0.4, -0.2) is 60.1 Å². The Balaban J connectivity index is 1.46. The van der Waals surface area contributed by atoms with Gasteiger partial charge in [0.25, 0.3) is 5.56 Å². The van der Waals surface area contributed by atoms with E-state index >= 15 is 0 Å². The lowest BCUT2D eigenvalue weighted by molar-refractivity contribution is 0.0500. The summed E-state index contributed by atoms with van der Waals surface area (Å²) in [6.45, 7) is 8.62. The predicted molar refractivity (Wildman–Crippen MR) is 144 cm³/mol. The standard InChI is InChI=1S/C27H32N8O3/c1-17-11-28-14-22(31-17)21-10-23-18(12-29-21)13-30-35(23)20-9-24(25(36)33(5)16-20)34-8-6-7-19(15-34)32-26(37)38-27(2,3)4/h9-14,16,19H,6-8,15H2,1-5H3,(H,32,37). The van der Waals surface area contributed by atoms with E-state index in [9.17, 15) is 9.59 Å². The van der Waals surface area contributed by atoms with E-state index in [1.807, 2.05) is 44.7 Å². The van der Waals surface area contributed by atoms with E-state index in [0.717, 1.165) is 35.1 Å². The molecule has 0 aromatic carbocycles. The summed E-state index contributed by atoms with van der Waals surface area (Å²) in [7, 11) is 1.73. The first kappa shape index (κ1) is 25.4. The Morgan fingerprint density at radius 3 is 2.71 bits per heavy atom. The van der Waals surface area contributed by atoms with Crippen molar-refractivity contribution in [2.75, 3.05) is 18.0 Å². The van der Waals surface area contributed by atoms with Gasteiger partial charge < -0.3 is 19.5 Å². The third-order valence-corrected chi connectivity index (χ3v) is 6.35. The molecule has 0 radical (unpaired) electrons. The van der Waals surface area contributed by atoms with E-state index in [4.69, 9.17) is 4.74 Å². The van der Waals surface area contributed by atoms with Crippen LogP contribution in [0.3, 0.4) is 0 Å². The van der Waals surface area contributed by atoms with Crippen LogP contribution in [0.4, 0.5) is 10.5 Å². The van der Waals surface area contributed by atoms with Crippen LogP contribution in [-0.2, 0) is 11.8 Å². The third kappa shape index (κ3) is 5.36. The Hall–Kier alpha value is -4.28. The molecule has 198 valence electrons. The van der Waals surface area contributed by atoms with Crippen LogP contribution in [0.25, 0.3) is 28.0 Å². The van der Waals surface area contributed by atoms with Gasteiger partial charge in [-0.3, -0.25) is 14.8 Å². The summed E-state index contributed by atoms with van der Waals surface area (Å²) in [5.41, 5.74) is 3.63. The minimum atomic E-state index is -0.573. The van der Waals surface area contributed by atoms with Gasteiger partial charge in [0, 0.05) is 50.2 Å². The zero-order valence-corrected chi connectivity index (χ0v) is 22.3. The number of ether oxygens (including phenoxy) is 1. The second-order valence-electron chi connectivity index (χ2n) is 10.7. The number of piperidine rings is 1. The number of carbonyl (C=O) groups excluding carboxylic acids is 1. The lowest BCUT2D eigenvalue weighted by atomic mass is 10.1. The molecule has 0 spiro atoms. The van der Waals surface area contributed by atoms with Crippen LogP contribution in [0.1, 0.15) is 39.3 Å². The van der Waals surface area contributed by atoms with Crippen molar-refractivity contribution in [3.63, 3.8) is 0 Å². The van der Waals surface area contributed by atoms with Crippen molar-refractivity contribution in [3.05, 3.63) is 59.2 Å². The summed E-state index contributed by atoms with van der Waals surface area (Å²) in [4.78, 5) is 40.9. The minimum absolute atomic E-state index is 0.111. The predicted octanol–water partition coefficient (Wildman–Crippen LogP) is 3.38. The summed E-state index contributed by atoms with van der Waals surface area (Å²) < 4.78 is 8.79. The second-order valence-corrected chi connectivity index (χ2v) is 10.7. The van der Waals surface area contributed by atoms with Crippen LogP contribution < -0.4 is 15.8 Å². The first-order chi connectivity index (χ1) is 18.1. The van der Waals surface area contributed by atoms with Gasteiger partial charge in [0.2, 0.25) is 0 Å².